The summed E-state index contributed by atoms with van der Waals surface area (Å²) in [7, 11) is 1.82. The second kappa shape index (κ2) is 6.59. The summed E-state index contributed by atoms with van der Waals surface area (Å²) in [6, 6.07) is 11.2. The minimum atomic E-state index is 0. The third-order valence-electron chi connectivity index (χ3n) is 3.06. The molecule has 2 N–H and O–H groups in total. The lowest BCUT2D eigenvalue weighted by molar-refractivity contribution is 0.501. The van der Waals surface area contributed by atoms with Crippen molar-refractivity contribution in [1.82, 2.24) is 10.6 Å². The first kappa shape index (κ1) is 16.3. The molecule has 1 saturated carbocycles. The van der Waals surface area contributed by atoms with E-state index in [1.165, 1.54) is 12.0 Å². The van der Waals surface area contributed by atoms with E-state index in [4.69, 9.17) is 0 Å². The number of halogens is 1. The predicted octanol–water partition coefficient (Wildman–Crippen LogP) is 3.12. The van der Waals surface area contributed by atoms with E-state index in [1.807, 2.05) is 7.05 Å². The third kappa shape index (κ3) is 5.01. The van der Waals surface area contributed by atoms with Gasteiger partial charge in [-0.3, -0.25) is 4.99 Å². The molecule has 0 amide bonds. The van der Waals surface area contributed by atoms with Crippen molar-refractivity contribution in [3.05, 3.63) is 35.9 Å². The Hall–Kier alpha value is -0.780. The molecule has 0 radical (unpaired) electrons. The van der Waals surface area contributed by atoms with Crippen molar-refractivity contribution in [1.29, 1.82) is 0 Å². The number of guanidine groups is 1. The minimum Gasteiger partial charge on any atom is -0.353 e. The van der Waals surface area contributed by atoms with Gasteiger partial charge in [0, 0.05) is 24.5 Å². The molecule has 1 aliphatic carbocycles. The molecule has 2 rings (SSSR count). The van der Waals surface area contributed by atoms with Crippen LogP contribution in [0.5, 0.6) is 0 Å². The zero-order valence-electron chi connectivity index (χ0n) is 12.1. The summed E-state index contributed by atoms with van der Waals surface area (Å²) in [4.78, 5) is 4.28. The van der Waals surface area contributed by atoms with E-state index in [0.717, 1.165) is 5.96 Å². The molecular formula is C15H24IN3. The Morgan fingerprint density at radius 2 is 1.84 bits per heavy atom. The van der Waals surface area contributed by atoms with E-state index in [2.05, 4.69) is 66.7 Å². The second-order valence-corrected chi connectivity index (χ2v) is 5.95. The van der Waals surface area contributed by atoms with Gasteiger partial charge in [-0.1, -0.05) is 30.3 Å². The van der Waals surface area contributed by atoms with Crippen LogP contribution in [0.15, 0.2) is 35.3 Å². The van der Waals surface area contributed by atoms with Crippen molar-refractivity contribution < 1.29 is 0 Å². The van der Waals surface area contributed by atoms with Crippen LogP contribution in [0.4, 0.5) is 0 Å². The van der Waals surface area contributed by atoms with Gasteiger partial charge >= 0.3 is 0 Å². The Bertz CT molecular complexity index is 423. The van der Waals surface area contributed by atoms with Gasteiger partial charge in [0.15, 0.2) is 5.96 Å². The molecule has 0 aromatic heterocycles. The Labute approximate surface area is 133 Å². The van der Waals surface area contributed by atoms with Crippen LogP contribution in [0, 0.1) is 0 Å². The van der Waals surface area contributed by atoms with Crippen LogP contribution in [0.2, 0.25) is 0 Å². The van der Waals surface area contributed by atoms with Gasteiger partial charge in [-0.15, -0.1) is 24.0 Å². The van der Waals surface area contributed by atoms with Gasteiger partial charge in [-0.2, -0.15) is 0 Å². The van der Waals surface area contributed by atoms with E-state index in [-0.39, 0.29) is 29.5 Å². The molecule has 0 bridgehead atoms. The molecule has 1 fully saturated rings. The molecule has 0 aliphatic heterocycles. The van der Waals surface area contributed by atoms with E-state index >= 15 is 0 Å². The summed E-state index contributed by atoms with van der Waals surface area (Å²) >= 11 is 0. The molecule has 0 heterocycles. The SMILES string of the molecule is CN=C(NC1CC1c1ccccc1)NC(C)(C)C.I. The number of nitrogens with one attached hydrogen (secondary N) is 2. The number of aliphatic imine (C=N–C) groups is 1. The lowest BCUT2D eigenvalue weighted by atomic mass is 10.1. The molecule has 1 aromatic rings. The molecule has 1 aromatic carbocycles. The lowest BCUT2D eigenvalue weighted by Crippen LogP contribution is -2.48. The highest BCUT2D eigenvalue weighted by Gasteiger charge is 2.39. The fourth-order valence-corrected chi connectivity index (χ4v) is 2.11. The van der Waals surface area contributed by atoms with E-state index < -0.39 is 0 Å². The van der Waals surface area contributed by atoms with Crippen molar-refractivity contribution in [2.24, 2.45) is 4.99 Å². The first-order valence-electron chi connectivity index (χ1n) is 6.56. The van der Waals surface area contributed by atoms with Crippen LogP contribution >= 0.6 is 24.0 Å². The fourth-order valence-electron chi connectivity index (χ4n) is 2.11. The number of nitrogens with zero attached hydrogens (tertiary/aromatic N) is 1. The van der Waals surface area contributed by atoms with Crippen LogP contribution in [-0.2, 0) is 0 Å². The molecule has 19 heavy (non-hydrogen) atoms. The number of hydrogen-bond donors (Lipinski definition) is 2. The zero-order valence-corrected chi connectivity index (χ0v) is 14.4. The molecule has 2 atom stereocenters. The maximum absolute atomic E-state index is 4.28. The number of benzene rings is 1. The summed E-state index contributed by atoms with van der Waals surface area (Å²) in [5, 5.41) is 6.87. The van der Waals surface area contributed by atoms with Crippen molar-refractivity contribution in [3.63, 3.8) is 0 Å². The van der Waals surface area contributed by atoms with Gasteiger partial charge in [0.25, 0.3) is 0 Å². The molecule has 0 spiro atoms. The monoisotopic (exact) mass is 373 g/mol. The maximum Gasteiger partial charge on any atom is 0.191 e. The Kier molecular flexibility index (Phi) is 5.64. The lowest BCUT2D eigenvalue weighted by Gasteiger charge is -2.23. The summed E-state index contributed by atoms with van der Waals surface area (Å²) in [6.45, 7) is 6.42. The van der Waals surface area contributed by atoms with Crippen LogP contribution in [0.1, 0.15) is 38.7 Å². The largest absolute Gasteiger partial charge is 0.353 e. The highest BCUT2D eigenvalue weighted by Crippen LogP contribution is 2.40. The van der Waals surface area contributed by atoms with Crippen molar-refractivity contribution >= 4 is 29.9 Å². The molecule has 2 unspecified atom stereocenters. The minimum absolute atomic E-state index is 0. The third-order valence-corrected chi connectivity index (χ3v) is 3.06. The fraction of sp³-hybridized carbons (Fsp3) is 0.533. The molecule has 1 aliphatic rings. The van der Waals surface area contributed by atoms with Gasteiger partial charge in [0.1, 0.15) is 0 Å². The first-order chi connectivity index (χ1) is 8.49. The van der Waals surface area contributed by atoms with Gasteiger partial charge in [-0.25, -0.2) is 0 Å². The molecule has 3 nitrogen and oxygen atoms in total. The standard InChI is InChI=1S/C15H23N3.HI/c1-15(2,3)18-14(16-4)17-13-10-12(13)11-8-6-5-7-9-11;/h5-9,12-13H,10H2,1-4H3,(H2,16,17,18);1H. The molecule has 0 saturated heterocycles. The Morgan fingerprint density at radius 3 is 2.37 bits per heavy atom. The summed E-state index contributed by atoms with van der Waals surface area (Å²) in [6.07, 6.45) is 1.19. The summed E-state index contributed by atoms with van der Waals surface area (Å²) in [5.41, 5.74) is 1.46. The van der Waals surface area contributed by atoms with Crippen molar-refractivity contribution in [2.75, 3.05) is 7.05 Å². The van der Waals surface area contributed by atoms with Crippen LogP contribution in [0.3, 0.4) is 0 Å². The van der Waals surface area contributed by atoms with Gasteiger partial charge < -0.3 is 10.6 Å². The predicted molar refractivity (Wildman–Crippen MR) is 92.4 cm³/mol. The van der Waals surface area contributed by atoms with Gasteiger partial charge in [0.2, 0.25) is 0 Å². The van der Waals surface area contributed by atoms with Crippen molar-refractivity contribution in [2.45, 2.75) is 44.7 Å². The highest BCUT2D eigenvalue weighted by atomic mass is 127. The average Bonchev–Trinajstić information content (AvgIpc) is 3.07. The maximum atomic E-state index is 4.28. The first-order valence-corrected chi connectivity index (χ1v) is 6.56. The molecular weight excluding hydrogens is 349 g/mol. The second-order valence-electron chi connectivity index (χ2n) is 5.95. The van der Waals surface area contributed by atoms with Gasteiger partial charge in [0.05, 0.1) is 0 Å². The Balaban J connectivity index is 0.00000180. The topological polar surface area (TPSA) is 36.4 Å². The summed E-state index contributed by atoms with van der Waals surface area (Å²) in [5.74, 6) is 1.52. The average molecular weight is 373 g/mol. The zero-order chi connectivity index (χ0) is 13.2. The molecule has 106 valence electrons. The molecule has 4 heteroatoms. The number of hydrogen-bond acceptors (Lipinski definition) is 1. The quantitative estimate of drug-likeness (QED) is 0.475. The van der Waals surface area contributed by atoms with E-state index in [1.54, 1.807) is 0 Å². The van der Waals surface area contributed by atoms with Crippen LogP contribution in [-0.4, -0.2) is 24.6 Å². The Morgan fingerprint density at radius 1 is 1.21 bits per heavy atom. The normalized spacial score (nSPS) is 22.4. The number of rotatable bonds is 2. The summed E-state index contributed by atoms with van der Waals surface area (Å²) < 4.78 is 0. The van der Waals surface area contributed by atoms with Crippen molar-refractivity contribution in [3.8, 4) is 0 Å². The smallest absolute Gasteiger partial charge is 0.191 e. The van der Waals surface area contributed by atoms with E-state index in [0.29, 0.717) is 12.0 Å². The van der Waals surface area contributed by atoms with E-state index in [9.17, 15) is 0 Å². The van der Waals surface area contributed by atoms with Gasteiger partial charge in [-0.05, 0) is 32.8 Å². The van der Waals surface area contributed by atoms with Crippen LogP contribution < -0.4 is 10.6 Å². The van der Waals surface area contributed by atoms with Crippen LogP contribution in [0.25, 0.3) is 0 Å². The highest BCUT2D eigenvalue weighted by molar-refractivity contribution is 14.0.